The highest BCUT2D eigenvalue weighted by molar-refractivity contribution is 7.98. The van der Waals surface area contributed by atoms with Gasteiger partial charge in [-0.2, -0.15) is 11.8 Å². The van der Waals surface area contributed by atoms with Gasteiger partial charge in [-0.25, -0.2) is 0 Å². The fourth-order valence-corrected chi connectivity index (χ4v) is 6.93. The molecule has 1 aromatic heterocycles. The number of aromatic amines is 1. The molecule has 2 aliphatic heterocycles. The van der Waals surface area contributed by atoms with Crippen molar-refractivity contribution in [2.75, 3.05) is 12.0 Å². The second-order valence-corrected chi connectivity index (χ2v) is 11.7. The molecule has 8 heteroatoms. The first-order chi connectivity index (χ1) is 18.6. The Kier molecular flexibility index (Phi) is 6.91. The Morgan fingerprint density at radius 3 is 2.66 bits per heavy atom. The minimum absolute atomic E-state index is 0.115. The third kappa shape index (κ3) is 4.38. The molecule has 3 amide bonds. The summed E-state index contributed by atoms with van der Waals surface area (Å²) in [5, 5.41) is 7.34. The molecule has 1 saturated carbocycles. The van der Waals surface area contributed by atoms with Gasteiger partial charge in [-0.1, -0.05) is 55.7 Å². The minimum atomic E-state index is -0.703. The quantitative estimate of drug-likeness (QED) is 0.424. The number of hydrogen-bond acceptors (Lipinski definition) is 4. The summed E-state index contributed by atoms with van der Waals surface area (Å²) in [5.74, 6) is 0.242. The van der Waals surface area contributed by atoms with Crippen LogP contribution in [0, 0.1) is 0 Å². The molecule has 0 saturated heterocycles. The number of aromatic nitrogens is 1. The number of para-hydroxylation sites is 1. The fraction of sp³-hybridized carbons (Fsp3) is 0.433. The van der Waals surface area contributed by atoms with Crippen molar-refractivity contribution in [1.82, 2.24) is 20.5 Å². The molecule has 1 fully saturated rings. The number of carbonyl (C=O) groups is 3. The summed E-state index contributed by atoms with van der Waals surface area (Å²) in [6, 6.07) is 14.2. The molecule has 7 nitrogen and oxygen atoms in total. The Bertz CT molecular complexity index is 1380. The van der Waals surface area contributed by atoms with E-state index in [0.29, 0.717) is 18.4 Å². The van der Waals surface area contributed by atoms with Gasteiger partial charge in [0.05, 0.1) is 6.04 Å². The average Bonchev–Trinajstić information content (AvgIpc) is 3.46. The standard InChI is InChI=1S/C30H34N4O3S/c1-38-16-15-24(28(35)31-18-9-3-2-4-10-18)33-29(36)25-17-22-19-11-7-8-14-23(19)32-26(22)27-20-12-5-6-13-21(20)30(37)34(25)27/h5-8,11-14,18,24-25,27,32H,2-4,9-10,15-17H2,1H3,(H,31,35)(H,33,36)/t24-,25+,27+/m0/s1. The number of fused-ring (bicyclic) bond motifs is 7. The van der Waals surface area contributed by atoms with Crippen LogP contribution in [0.15, 0.2) is 48.5 Å². The smallest absolute Gasteiger partial charge is 0.255 e. The second kappa shape index (κ2) is 10.5. The highest BCUT2D eigenvalue weighted by Crippen LogP contribution is 2.46. The highest BCUT2D eigenvalue weighted by Gasteiger charge is 2.49. The van der Waals surface area contributed by atoms with E-state index in [0.717, 1.165) is 59.2 Å². The molecular formula is C30H34N4O3S. The van der Waals surface area contributed by atoms with Gasteiger partial charge >= 0.3 is 0 Å². The molecule has 0 spiro atoms. The summed E-state index contributed by atoms with van der Waals surface area (Å²) in [5.41, 5.74) is 4.59. The number of hydrogen-bond donors (Lipinski definition) is 3. The predicted molar refractivity (Wildman–Crippen MR) is 150 cm³/mol. The maximum Gasteiger partial charge on any atom is 0.255 e. The number of carbonyl (C=O) groups excluding carboxylic acids is 3. The number of rotatable bonds is 7. The lowest BCUT2D eigenvalue weighted by Gasteiger charge is -2.38. The molecule has 1 aliphatic carbocycles. The molecule has 38 heavy (non-hydrogen) atoms. The Morgan fingerprint density at radius 1 is 1.08 bits per heavy atom. The van der Waals surface area contributed by atoms with Crippen LogP contribution in [0.1, 0.15) is 71.7 Å². The molecule has 2 aromatic carbocycles. The Balaban J connectivity index is 1.32. The summed E-state index contributed by atoms with van der Waals surface area (Å²) in [7, 11) is 0. The molecule has 0 radical (unpaired) electrons. The summed E-state index contributed by atoms with van der Waals surface area (Å²) in [4.78, 5) is 46.2. The van der Waals surface area contributed by atoms with Gasteiger partial charge in [0.25, 0.3) is 5.91 Å². The minimum Gasteiger partial charge on any atom is -0.356 e. The maximum atomic E-state index is 14.0. The Hall–Kier alpha value is -3.26. The van der Waals surface area contributed by atoms with Crippen LogP contribution in [0.25, 0.3) is 10.9 Å². The summed E-state index contributed by atoms with van der Waals surface area (Å²) in [6.07, 6.45) is 8.40. The van der Waals surface area contributed by atoms with Crippen molar-refractivity contribution in [2.24, 2.45) is 0 Å². The maximum absolute atomic E-state index is 14.0. The van der Waals surface area contributed by atoms with Crippen LogP contribution < -0.4 is 10.6 Å². The van der Waals surface area contributed by atoms with Crippen molar-refractivity contribution in [2.45, 2.75) is 69.1 Å². The first-order valence-corrected chi connectivity index (χ1v) is 15.1. The number of nitrogens with zero attached hydrogens (tertiary/aromatic N) is 1. The number of amides is 3. The zero-order valence-electron chi connectivity index (χ0n) is 21.7. The van der Waals surface area contributed by atoms with Gasteiger partial charge in [0.2, 0.25) is 11.8 Å². The van der Waals surface area contributed by atoms with E-state index in [9.17, 15) is 14.4 Å². The molecule has 3 N–H and O–H groups in total. The van der Waals surface area contributed by atoms with Crippen LogP contribution in [0.3, 0.4) is 0 Å². The van der Waals surface area contributed by atoms with E-state index in [4.69, 9.17) is 0 Å². The van der Waals surface area contributed by atoms with Crippen LogP contribution >= 0.6 is 11.8 Å². The van der Waals surface area contributed by atoms with Crippen molar-refractivity contribution in [3.8, 4) is 0 Å². The van der Waals surface area contributed by atoms with Crippen LogP contribution in [0.2, 0.25) is 0 Å². The SMILES string of the molecule is CSCC[C@H](NC(=O)[C@H]1Cc2c([nH]c3ccccc23)[C@H]2c3ccccc3C(=O)N21)C(=O)NC1CCCCC1. The molecule has 3 aromatic rings. The average molecular weight is 531 g/mol. The van der Waals surface area contributed by atoms with E-state index in [1.165, 1.54) is 6.42 Å². The number of H-pyrrole nitrogens is 1. The predicted octanol–water partition coefficient (Wildman–Crippen LogP) is 4.32. The first kappa shape index (κ1) is 25.0. The van der Waals surface area contributed by atoms with Gasteiger partial charge < -0.3 is 20.5 Å². The van der Waals surface area contributed by atoms with E-state index in [1.54, 1.807) is 16.7 Å². The zero-order chi connectivity index (χ0) is 26.2. The van der Waals surface area contributed by atoms with Gasteiger partial charge in [-0.15, -0.1) is 0 Å². The fourth-order valence-electron chi connectivity index (χ4n) is 6.46. The topological polar surface area (TPSA) is 94.3 Å². The molecule has 3 atom stereocenters. The third-order valence-corrected chi connectivity index (χ3v) is 8.99. The molecule has 3 heterocycles. The largest absolute Gasteiger partial charge is 0.356 e. The van der Waals surface area contributed by atoms with E-state index in [1.807, 2.05) is 48.7 Å². The summed E-state index contributed by atoms with van der Waals surface area (Å²) in [6.45, 7) is 0. The van der Waals surface area contributed by atoms with E-state index in [-0.39, 0.29) is 29.8 Å². The van der Waals surface area contributed by atoms with E-state index < -0.39 is 12.1 Å². The lowest BCUT2D eigenvalue weighted by molar-refractivity contribution is -0.132. The molecular weight excluding hydrogens is 496 g/mol. The number of benzene rings is 2. The van der Waals surface area contributed by atoms with Crippen molar-refractivity contribution in [3.63, 3.8) is 0 Å². The van der Waals surface area contributed by atoms with Gasteiger partial charge in [-0.05, 0) is 54.5 Å². The molecule has 198 valence electrons. The van der Waals surface area contributed by atoms with Crippen molar-refractivity contribution in [1.29, 1.82) is 0 Å². The third-order valence-electron chi connectivity index (χ3n) is 8.35. The Labute approximate surface area is 227 Å². The first-order valence-electron chi connectivity index (χ1n) is 13.7. The highest BCUT2D eigenvalue weighted by atomic mass is 32.2. The number of nitrogens with one attached hydrogen (secondary N) is 3. The lowest BCUT2D eigenvalue weighted by atomic mass is 9.89. The lowest BCUT2D eigenvalue weighted by Crippen LogP contribution is -2.57. The van der Waals surface area contributed by atoms with Crippen LogP contribution in [-0.2, 0) is 16.0 Å². The molecule has 0 bridgehead atoms. The normalized spacial score (nSPS) is 21.5. The van der Waals surface area contributed by atoms with Crippen molar-refractivity contribution < 1.29 is 14.4 Å². The summed E-state index contributed by atoms with van der Waals surface area (Å²) < 4.78 is 0. The van der Waals surface area contributed by atoms with Crippen molar-refractivity contribution in [3.05, 3.63) is 70.9 Å². The van der Waals surface area contributed by atoms with Crippen molar-refractivity contribution >= 4 is 40.4 Å². The van der Waals surface area contributed by atoms with Crippen LogP contribution in [0.4, 0.5) is 0 Å². The van der Waals surface area contributed by atoms with E-state index >= 15 is 0 Å². The zero-order valence-corrected chi connectivity index (χ0v) is 22.5. The monoisotopic (exact) mass is 530 g/mol. The molecule has 0 unspecified atom stereocenters. The van der Waals surface area contributed by atoms with Gasteiger partial charge in [0.1, 0.15) is 12.1 Å². The van der Waals surface area contributed by atoms with Gasteiger partial charge in [-0.3, -0.25) is 14.4 Å². The second-order valence-electron chi connectivity index (χ2n) is 10.7. The van der Waals surface area contributed by atoms with Crippen LogP contribution in [-0.4, -0.2) is 57.7 Å². The van der Waals surface area contributed by atoms with Gasteiger partial charge in [0, 0.05) is 34.6 Å². The Morgan fingerprint density at radius 2 is 1.84 bits per heavy atom. The molecule has 6 rings (SSSR count). The molecule has 3 aliphatic rings. The number of thioether (sulfide) groups is 1. The van der Waals surface area contributed by atoms with Gasteiger partial charge in [0.15, 0.2) is 0 Å². The van der Waals surface area contributed by atoms with E-state index in [2.05, 4.69) is 21.7 Å². The summed E-state index contributed by atoms with van der Waals surface area (Å²) >= 11 is 1.66. The van der Waals surface area contributed by atoms with Crippen LogP contribution in [0.5, 0.6) is 0 Å².